The molecule has 19 heavy (non-hydrogen) atoms. The van der Waals surface area contributed by atoms with Crippen LogP contribution in [0.3, 0.4) is 0 Å². The summed E-state index contributed by atoms with van der Waals surface area (Å²) in [5.41, 5.74) is 0.440. The van der Waals surface area contributed by atoms with Gasteiger partial charge >= 0.3 is 0 Å². The van der Waals surface area contributed by atoms with Crippen LogP contribution in [-0.4, -0.2) is 53.4 Å². The van der Waals surface area contributed by atoms with E-state index in [-0.39, 0.29) is 11.9 Å². The normalized spacial score (nSPS) is 21.2. The second kappa shape index (κ2) is 6.35. The number of carbonyl (C=O) groups excluding carboxylic acids is 1. The van der Waals surface area contributed by atoms with Crippen molar-refractivity contribution in [1.82, 2.24) is 14.8 Å². The van der Waals surface area contributed by atoms with Crippen LogP contribution in [0.4, 0.5) is 0 Å². The van der Waals surface area contributed by atoms with Crippen molar-refractivity contribution in [1.29, 1.82) is 0 Å². The molecule has 1 aliphatic rings. The number of aromatic nitrogens is 1. The molecule has 0 aliphatic carbocycles. The highest BCUT2D eigenvalue weighted by Gasteiger charge is 2.27. The number of hydrogen-bond acceptors (Lipinski definition) is 3. The van der Waals surface area contributed by atoms with E-state index < -0.39 is 0 Å². The molecule has 104 valence electrons. The van der Waals surface area contributed by atoms with Crippen molar-refractivity contribution in [3.8, 4) is 0 Å². The second-order valence-electron chi connectivity index (χ2n) is 5.02. The van der Waals surface area contributed by atoms with Crippen molar-refractivity contribution in [2.75, 3.05) is 26.7 Å². The summed E-state index contributed by atoms with van der Waals surface area (Å²) < 4.78 is 0. The topological polar surface area (TPSA) is 36.4 Å². The number of pyridine rings is 1. The molecule has 2 rings (SSSR count). The summed E-state index contributed by atoms with van der Waals surface area (Å²) >= 11 is 5.86. The molecule has 1 aromatic rings. The molecule has 0 radical (unpaired) electrons. The third-order valence-electron chi connectivity index (χ3n) is 3.57. The van der Waals surface area contributed by atoms with E-state index in [1.807, 2.05) is 4.90 Å². The van der Waals surface area contributed by atoms with Crippen LogP contribution in [0.2, 0.25) is 5.15 Å². The van der Waals surface area contributed by atoms with Crippen LogP contribution in [0.1, 0.15) is 30.3 Å². The zero-order valence-corrected chi connectivity index (χ0v) is 12.2. The molecule has 1 atom stereocenters. The van der Waals surface area contributed by atoms with Crippen LogP contribution in [0, 0.1) is 0 Å². The van der Waals surface area contributed by atoms with E-state index in [0.29, 0.717) is 10.8 Å². The summed E-state index contributed by atoms with van der Waals surface area (Å²) in [5.74, 6) is -0.00958. The van der Waals surface area contributed by atoms with Crippen molar-refractivity contribution in [2.45, 2.75) is 25.8 Å². The maximum absolute atomic E-state index is 12.6. The minimum atomic E-state index is -0.00958. The number of halogens is 1. The van der Waals surface area contributed by atoms with Gasteiger partial charge in [0.15, 0.2) is 0 Å². The summed E-state index contributed by atoms with van der Waals surface area (Å²) in [4.78, 5) is 20.9. The fourth-order valence-corrected chi connectivity index (χ4v) is 2.70. The minimum absolute atomic E-state index is 0.00958. The zero-order valence-electron chi connectivity index (χ0n) is 11.5. The molecule has 1 fully saturated rings. The van der Waals surface area contributed by atoms with Crippen LogP contribution in [0.15, 0.2) is 18.2 Å². The molecule has 0 bridgehead atoms. The van der Waals surface area contributed by atoms with Gasteiger partial charge in [-0.1, -0.05) is 24.6 Å². The highest BCUT2D eigenvalue weighted by atomic mass is 35.5. The molecule has 0 spiro atoms. The van der Waals surface area contributed by atoms with Gasteiger partial charge in [-0.25, -0.2) is 4.98 Å². The van der Waals surface area contributed by atoms with Gasteiger partial charge in [0.1, 0.15) is 10.8 Å². The van der Waals surface area contributed by atoms with Crippen molar-refractivity contribution < 1.29 is 4.79 Å². The highest BCUT2D eigenvalue weighted by molar-refractivity contribution is 6.29. The lowest BCUT2D eigenvalue weighted by Gasteiger charge is -2.30. The van der Waals surface area contributed by atoms with Crippen LogP contribution in [0.5, 0.6) is 0 Å². The van der Waals surface area contributed by atoms with Crippen LogP contribution in [0.25, 0.3) is 0 Å². The molecule has 1 aliphatic heterocycles. The maximum Gasteiger partial charge on any atom is 0.272 e. The second-order valence-corrected chi connectivity index (χ2v) is 5.41. The molecular formula is C14H20ClN3O. The van der Waals surface area contributed by atoms with Gasteiger partial charge in [0.25, 0.3) is 5.91 Å². The van der Waals surface area contributed by atoms with Gasteiger partial charge in [0, 0.05) is 19.1 Å². The Morgan fingerprint density at radius 1 is 1.47 bits per heavy atom. The Bertz CT molecular complexity index is 452. The van der Waals surface area contributed by atoms with Gasteiger partial charge in [-0.3, -0.25) is 4.79 Å². The Hall–Kier alpha value is -1.13. The number of rotatable bonds is 2. The third kappa shape index (κ3) is 3.45. The highest BCUT2D eigenvalue weighted by Crippen LogP contribution is 2.16. The first-order valence-corrected chi connectivity index (χ1v) is 7.11. The van der Waals surface area contributed by atoms with E-state index in [9.17, 15) is 4.79 Å². The summed E-state index contributed by atoms with van der Waals surface area (Å²) in [6.07, 6.45) is 1.95. The monoisotopic (exact) mass is 281 g/mol. The average molecular weight is 282 g/mol. The lowest BCUT2D eigenvalue weighted by molar-refractivity contribution is 0.0669. The van der Waals surface area contributed by atoms with Gasteiger partial charge in [0.2, 0.25) is 0 Å². The van der Waals surface area contributed by atoms with Crippen LogP contribution >= 0.6 is 11.6 Å². The minimum Gasteiger partial charge on any atom is -0.333 e. The molecule has 0 aromatic carbocycles. The zero-order chi connectivity index (χ0) is 13.8. The first-order chi connectivity index (χ1) is 9.11. The third-order valence-corrected chi connectivity index (χ3v) is 3.78. The number of amides is 1. The van der Waals surface area contributed by atoms with Crippen molar-refractivity contribution in [3.05, 3.63) is 29.0 Å². The van der Waals surface area contributed by atoms with E-state index in [1.165, 1.54) is 0 Å². The standard InChI is InChI=1S/C14H20ClN3O/c1-3-11-10-17(2)8-5-9-18(11)14(19)12-6-4-7-13(15)16-12/h4,6-7,11H,3,5,8-10H2,1-2H3. The number of likely N-dealkylation sites (N-methyl/N-ethyl adjacent to an activating group) is 1. The number of nitrogens with zero attached hydrogens (tertiary/aromatic N) is 3. The first-order valence-electron chi connectivity index (χ1n) is 6.74. The first kappa shape index (κ1) is 14.3. The molecular weight excluding hydrogens is 262 g/mol. The largest absolute Gasteiger partial charge is 0.333 e. The van der Waals surface area contributed by atoms with Crippen molar-refractivity contribution >= 4 is 17.5 Å². The predicted molar refractivity (Wildman–Crippen MR) is 76.5 cm³/mol. The molecule has 1 aromatic heterocycles. The Morgan fingerprint density at radius 3 is 2.95 bits per heavy atom. The van der Waals surface area contributed by atoms with Crippen molar-refractivity contribution in [3.63, 3.8) is 0 Å². The molecule has 1 unspecified atom stereocenters. The van der Waals surface area contributed by atoms with E-state index in [1.54, 1.807) is 18.2 Å². The molecule has 1 saturated heterocycles. The maximum atomic E-state index is 12.6. The summed E-state index contributed by atoms with van der Waals surface area (Å²) in [5, 5.41) is 0.367. The van der Waals surface area contributed by atoms with Crippen LogP contribution in [-0.2, 0) is 0 Å². The average Bonchev–Trinajstić information content (AvgIpc) is 2.59. The molecule has 0 N–H and O–H groups in total. The molecule has 2 heterocycles. The van der Waals surface area contributed by atoms with Gasteiger partial charge < -0.3 is 9.80 Å². The lowest BCUT2D eigenvalue weighted by Crippen LogP contribution is -2.43. The Labute approximate surface area is 119 Å². The lowest BCUT2D eigenvalue weighted by atomic mass is 10.1. The van der Waals surface area contributed by atoms with Gasteiger partial charge in [-0.05, 0) is 38.6 Å². The van der Waals surface area contributed by atoms with Crippen LogP contribution < -0.4 is 0 Å². The molecule has 0 saturated carbocycles. The van der Waals surface area contributed by atoms with E-state index in [4.69, 9.17) is 11.6 Å². The van der Waals surface area contributed by atoms with E-state index in [2.05, 4.69) is 23.9 Å². The SMILES string of the molecule is CCC1CN(C)CCCN1C(=O)c1cccc(Cl)n1. The summed E-state index contributed by atoms with van der Waals surface area (Å²) in [6, 6.07) is 5.44. The fourth-order valence-electron chi connectivity index (χ4n) is 2.53. The summed E-state index contributed by atoms with van der Waals surface area (Å²) in [7, 11) is 2.11. The Morgan fingerprint density at radius 2 is 2.26 bits per heavy atom. The van der Waals surface area contributed by atoms with E-state index >= 15 is 0 Å². The number of hydrogen-bond donors (Lipinski definition) is 0. The number of carbonyl (C=O) groups is 1. The Kier molecular flexibility index (Phi) is 4.77. The molecule has 1 amide bonds. The van der Waals surface area contributed by atoms with E-state index in [0.717, 1.165) is 32.5 Å². The van der Waals surface area contributed by atoms with Crippen molar-refractivity contribution in [2.24, 2.45) is 0 Å². The van der Waals surface area contributed by atoms with Gasteiger partial charge in [0.05, 0.1) is 0 Å². The molecule has 4 nitrogen and oxygen atoms in total. The quantitative estimate of drug-likeness (QED) is 0.781. The predicted octanol–water partition coefficient (Wildman–Crippen LogP) is 2.29. The Balaban J connectivity index is 2.20. The van der Waals surface area contributed by atoms with Gasteiger partial charge in [-0.15, -0.1) is 0 Å². The smallest absolute Gasteiger partial charge is 0.272 e. The molecule has 5 heteroatoms. The van der Waals surface area contributed by atoms with Gasteiger partial charge in [-0.2, -0.15) is 0 Å². The summed E-state index contributed by atoms with van der Waals surface area (Å²) in [6.45, 7) is 4.86. The fraction of sp³-hybridized carbons (Fsp3) is 0.571.